The van der Waals surface area contributed by atoms with Crippen molar-refractivity contribution < 1.29 is 9.53 Å². The lowest BCUT2D eigenvalue weighted by molar-refractivity contribution is 0.0494. The standard InChI is InChI=1S/C13H16BrNO2/c1-8-11(6-10(14)7-12(8)15)13(16)17-5-4-9-2-3-9/h6-7,9H,2-5,15H2,1H3. The summed E-state index contributed by atoms with van der Waals surface area (Å²) in [7, 11) is 0. The molecule has 1 saturated carbocycles. The van der Waals surface area contributed by atoms with Crippen LogP contribution in [0.2, 0.25) is 0 Å². The minimum Gasteiger partial charge on any atom is -0.462 e. The minimum absolute atomic E-state index is 0.281. The summed E-state index contributed by atoms with van der Waals surface area (Å²) < 4.78 is 6.06. The fourth-order valence-electron chi connectivity index (χ4n) is 1.71. The van der Waals surface area contributed by atoms with E-state index < -0.39 is 0 Å². The van der Waals surface area contributed by atoms with Gasteiger partial charge in [0.15, 0.2) is 0 Å². The third-order valence-electron chi connectivity index (χ3n) is 3.09. The van der Waals surface area contributed by atoms with E-state index >= 15 is 0 Å². The molecule has 92 valence electrons. The summed E-state index contributed by atoms with van der Waals surface area (Å²) in [6.45, 7) is 2.34. The summed E-state index contributed by atoms with van der Waals surface area (Å²) >= 11 is 3.33. The smallest absolute Gasteiger partial charge is 0.338 e. The first-order chi connectivity index (χ1) is 8.08. The highest BCUT2D eigenvalue weighted by Crippen LogP contribution is 2.32. The highest BCUT2D eigenvalue weighted by molar-refractivity contribution is 9.10. The summed E-state index contributed by atoms with van der Waals surface area (Å²) in [6, 6.07) is 3.54. The van der Waals surface area contributed by atoms with E-state index in [-0.39, 0.29) is 5.97 Å². The zero-order valence-electron chi connectivity index (χ0n) is 9.83. The van der Waals surface area contributed by atoms with Gasteiger partial charge in [-0.25, -0.2) is 4.79 Å². The number of nitrogen functional groups attached to an aromatic ring is 1. The van der Waals surface area contributed by atoms with Crippen molar-refractivity contribution in [2.24, 2.45) is 5.92 Å². The van der Waals surface area contributed by atoms with Gasteiger partial charge in [-0.1, -0.05) is 28.8 Å². The Balaban J connectivity index is 2.01. The predicted octanol–water partition coefficient (Wildman–Crippen LogP) is 3.30. The number of halogens is 1. The second-order valence-electron chi connectivity index (χ2n) is 4.54. The SMILES string of the molecule is Cc1c(N)cc(Br)cc1C(=O)OCCC1CC1. The van der Waals surface area contributed by atoms with E-state index in [4.69, 9.17) is 10.5 Å². The Morgan fingerprint density at radius 1 is 1.53 bits per heavy atom. The Morgan fingerprint density at radius 2 is 2.24 bits per heavy atom. The number of esters is 1. The van der Waals surface area contributed by atoms with Gasteiger partial charge >= 0.3 is 5.97 Å². The van der Waals surface area contributed by atoms with Crippen LogP contribution in [0.4, 0.5) is 5.69 Å². The summed E-state index contributed by atoms with van der Waals surface area (Å²) in [4.78, 5) is 11.9. The maximum atomic E-state index is 11.9. The molecule has 0 atom stereocenters. The lowest BCUT2D eigenvalue weighted by atomic mass is 10.1. The van der Waals surface area contributed by atoms with Crippen LogP contribution in [0.3, 0.4) is 0 Å². The molecule has 1 fully saturated rings. The lowest BCUT2D eigenvalue weighted by Gasteiger charge is -2.09. The van der Waals surface area contributed by atoms with Crippen LogP contribution in [-0.4, -0.2) is 12.6 Å². The molecule has 0 bridgehead atoms. The first-order valence-corrected chi connectivity index (χ1v) is 6.60. The van der Waals surface area contributed by atoms with E-state index in [1.165, 1.54) is 12.8 Å². The van der Waals surface area contributed by atoms with Crippen LogP contribution in [0.1, 0.15) is 35.2 Å². The van der Waals surface area contributed by atoms with E-state index in [0.29, 0.717) is 17.9 Å². The lowest BCUT2D eigenvalue weighted by Crippen LogP contribution is -2.10. The molecule has 1 aromatic carbocycles. The van der Waals surface area contributed by atoms with Crippen molar-refractivity contribution in [2.75, 3.05) is 12.3 Å². The fraction of sp³-hybridized carbons (Fsp3) is 0.462. The van der Waals surface area contributed by atoms with E-state index in [2.05, 4.69) is 15.9 Å². The van der Waals surface area contributed by atoms with Gasteiger partial charge in [0, 0.05) is 10.2 Å². The molecule has 2 rings (SSSR count). The number of benzene rings is 1. The van der Waals surface area contributed by atoms with E-state index in [1.54, 1.807) is 12.1 Å². The first kappa shape index (κ1) is 12.4. The van der Waals surface area contributed by atoms with Crippen molar-refractivity contribution in [2.45, 2.75) is 26.2 Å². The van der Waals surface area contributed by atoms with Gasteiger partial charge in [0.25, 0.3) is 0 Å². The van der Waals surface area contributed by atoms with Crippen LogP contribution in [-0.2, 0) is 4.74 Å². The number of carbonyl (C=O) groups excluding carboxylic acids is 1. The average molecular weight is 298 g/mol. The van der Waals surface area contributed by atoms with Crippen molar-refractivity contribution in [1.29, 1.82) is 0 Å². The molecule has 0 heterocycles. The Labute approximate surface area is 109 Å². The van der Waals surface area contributed by atoms with Crippen LogP contribution in [0.25, 0.3) is 0 Å². The molecule has 0 saturated heterocycles. The van der Waals surface area contributed by atoms with Crippen LogP contribution in [0, 0.1) is 12.8 Å². The van der Waals surface area contributed by atoms with E-state index in [0.717, 1.165) is 22.4 Å². The number of carbonyl (C=O) groups is 1. The Kier molecular flexibility index (Phi) is 3.72. The van der Waals surface area contributed by atoms with Crippen molar-refractivity contribution in [3.63, 3.8) is 0 Å². The van der Waals surface area contributed by atoms with Crippen molar-refractivity contribution in [3.05, 3.63) is 27.7 Å². The molecule has 1 aliphatic carbocycles. The largest absolute Gasteiger partial charge is 0.462 e. The average Bonchev–Trinajstić information content (AvgIpc) is 3.07. The first-order valence-electron chi connectivity index (χ1n) is 5.80. The van der Waals surface area contributed by atoms with Gasteiger partial charge in [0.05, 0.1) is 12.2 Å². The zero-order valence-corrected chi connectivity index (χ0v) is 11.4. The molecule has 1 aromatic rings. The number of hydrogen-bond acceptors (Lipinski definition) is 3. The van der Waals surface area contributed by atoms with E-state index in [9.17, 15) is 4.79 Å². The Morgan fingerprint density at radius 3 is 2.88 bits per heavy atom. The summed E-state index contributed by atoms with van der Waals surface area (Å²) in [5, 5.41) is 0. The molecular formula is C13H16BrNO2. The fourth-order valence-corrected chi connectivity index (χ4v) is 2.19. The molecule has 4 heteroatoms. The number of nitrogens with two attached hydrogens (primary N) is 1. The van der Waals surface area contributed by atoms with Crippen LogP contribution in [0.15, 0.2) is 16.6 Å². The molecule has 17 heavy (non-hydrogen) atoms. The van der Waals surface area contributed by atoms with Gasteiger partial charge in [0.1, 0.15) is 0 Å². The topological polar surface area (TPSA) is 52.3 Å². The third kappa shape index (κ3) is 3.22. The third-order valence-corrected chi connectivity index (χ3v) is 3.55. The molecule has 0 radical (unpaired) electrons. The van der Waals surface area contributed by atoms with Crippen LogP contribution < -0.4 is 5.73 Å². The molecule has 2 N–H and O–H groups in total. The van der Waals surface area contributed by atoms with Crippen molar-refractivity contribution in [3.8, 4) is 0 Å². The summed E-state index contributed by atoms with van der Waals surface area (Å²) in [5.41, 5.74) is 7.74. The normalized spacial score (nSPS) is 14.7. The van der Waals surface area contributed by atoms with Crippen molar-refractivity contribution >= 4 is 27.6 Å². The van der Waals surface area contributed by atoms with Crippen molar-refractivity contribution in [1.82, 2.24) is 0 Å². The van der Waals surface area contributed by atoms with Crippen LogP contribution >= 0.6 is 15.9 Å². The van der Waals surface area contributed by atoms with Gasteiger partial charge in [-0.2, -0.15) is 0 Å². The van der Waals surface area contributed by atoms with Gasteiger partial charge < -0.3 is 10.5 Å². The number of anilines is 1. The minimum atomic E-state index is -0.281. The summed E-state index contributed by atoms with van der Waals surface area (Å²) in [6.07, 6.45) is 3.54. The highest BCUT2D eigenvalue weighted by atomic mass is 79.9. The number of ether oxygens (including phenoxy) is 1. The van der Waals surface area contributed by atoms with Gasteiger partial charge in [-0.05, 0) is 37.0 Å². The molecule has 0 aromatic heterocycles. The van der Waals surface area contributed by atoms with Gasteiger partial charge in [-0.15, -0.1) is 0 Å². The molecular weight excluding hydrogens is 282 g/mol. The maximum absolute atomic E-state index is 11.9. The zero-order chi connectivity index (χ0) is 12.4. The Hall–Kier alpha value is -1.03. The summed E-state index contributed by atoms with van der Waals surface area (Å²) in [5.74, 6) is 0.493. The monoisotopic (exact) mass is 297 g/mol. The quantitative estimate of drug-likeness (QED) is 0.685. The molecule has 3 nitrogen and oxygen atoms in total. The second-order valence-corrected chi connectivity index (χ2v) is 5.45. The number of rotatable bonds is 4. The molecule has 0 aliphatic heterocycles. The predicted molar refractivity (Wildman–Crippen MR) is 70.9 cm³/mol. The number of hydrogen-bond donors (Lipinski definition) is 1. The van der Waals surface area contributed by atoms with Gasteiger partial charge in [0.2, 0.25) is 0 Å². The molecule has 0 amide bonds. The molecule has 0 spiro atoms. The van der Waals surface area contributed by atoms with E-state index in [1.807, 2.05) is 6.92 Å². The highest BCUT2D eigenvalue weighted by Gasteiger charge is 2.21. The van der Waals surface area contributed by atoms with Gasteiger partial charge in [-0.3, -0.25) is 0 Å². The van der Waals surface area contributed by atoms with Crippen LogP contribution in [0.5, 0.6) is 0 Å². The molecule has 0 unspecified atom stereocenters. The second kappa shape index (κ2) is 5.08. The maximum Gasteiger partial charge on any atom is 0.338 e. The molecule has 1 aliphatic rings. The Bertz CT molecular complexity index is 441.